The molecule has 0 aliphatic carbocycles. The highest BCUT2D eigenvalue weighted by molar-refractivity contribution is 5.92. The van der Waals surface area contributed by atoms with E-state index >= 15 is 0 Å². The SMILES string of the molecule is O=C(O)c1nn(NC(=O)[C@H]2CCCN2)c2ncccc2c1=O. The third kappa shape index (κ3) is 2.42. The lowest BCUT2D eigenvalue weighted by molar-refractivity contribution is -0.118. The molecule has 0 spiro atoms. The Kier molecular flexibility index (Phi) is 3.55. The van der Waals surface area contributed by atoms with Crippen molar-refractivity contribution in [1.29, 1.82) is 0 Å². The van der Waals surface area contributed by atoms with Gasteiger partial charge in [0.25, 0.3) is 5.91 Å². The van der Waals surface area contributed by atoms with Crippen LogP contribution in [0.1, 0.15) is 23.3 Å². The van der Waals surface area contributed by atoms with Crippen molar-refractivity contribution in [2.24, 2.45) is 0 Å². The van der Waals surface area contributed by atoms with Crippen LogP contribution in [0.25, 0.3) is 11.0 Å². The van der Waals surface area contributed by atoms with Gasteiger partial charge in [0.05, 0.1) is 11.4 Å². The molecule has 0 aromatic carbocycles. The Morgan fingerprint density at radius 3 is 2.95 bits per heavy atom. The van der Waals surface area contributed by atoms with Crippen LogP contribution < -0.4 is 16.2 Å². The van der Waals surface area contributed by atoms with E-state index in [2.05, 4.69) is 20.8 Å². The number of carbonyl (C=O) groups excluding carboxylic acids is 1. The van der Waals surface area contributed by atoms with Crippen molar-refractivity contribution >= 4 is 22.9 Å². The van der Waals surface area contributed by atoms with Crippen LogP contribution in [0.3, 0.4) is 0 Å². The van der Waals surface area contributed by atoms with Gasteiger partial charge < -0.3 is 10.4 Å². The molecule has 3 heterocycles. The van der Waals surface area contributed by atoms with Crippen molar-refractivity contribution in [3.05, 3.63) is 34.2 Å². The second-order valence-electron chi connectivity index (χ2n) is 4.89. The molecule has 9 heteroatoms. The average Bonchev–Trinajstić information content (AvgIpc) is 3.04. The maximum absolute atomic E-state index is 12.1. The number of nitrogens with zero attached hydrogens (tertiary/aromatic N) is 3. The zero-order chi connectivity index (χ0) is 15.7. The fourth-order valence-corrected chi connectivity index (χ4v) is 2.37. The maximum Gasteiger partial charge on any atom is 0.360 e. The zero-order valence-corrected chi connectivity index (χ0v) is 11.4. The first-order chi connectivity index (χ1) is 10.6. The van der Waals surface area contributed by atoms with Gasteiger partial charge in [-0.25, -0.2) is 15.2 Å². The van der Waals surface area contributed by atoms with Gasteiger partial charge in [-0.3, -0.25) is 9.59 Å². The number of aromatic carboxylic acids is 1. The van der Waals surface area contributed by atoms with Crippen LogP contribution >= 0.6 is 0 Å². The van der Waals surface area contributed by atoms with E-state index in [1.54, 1.807) is 0 Å². The molecule has 1 fully saturated rings. The van der Waals surface area contributed by atoms with Crippen LogP contribution in [0.2, 0.25) is 0 Å². The van der Waals surface area contributed by atoms with E-state index < -0.39 is 17.1 Å². The molecule has 1 atom stereocenters. The summed E-state index contributed by atoms with van der Waals surface area (Å²) in [7, 11) is 0. The highest BCUT2D eigenvalue weighted by Gasteiger charge is 2.24. The molecule has 0 radical (unpaired) electrons. The highest BCUT2D eigenvalue weighted by atomic mass is 16.4. The Morgan fingerprint density at radius 2 is 2.27 bits per heavy atom. The Labute approximate surface area is 123 Å². The molecule has 3 rings (SSSR count). The second-order valence-corrected chi connectivity index (χ2v) is 4.89. The number of pyridine rings is 1. The third-order valence-corrected chi connectivity index (χ3v) is 3.44. The maximum atomic E-state index is 12.1. The predicted molar refractivity (Wildman–Crippen MR) is 76.1 cm³/mol. The summed E-state index contributed by atoms with van der Waals surface area (Å²) in [5.41, 5.74) is 1.19. The lowest BCUT2D eigenvalue weighted by Crippen LogP contribution is -2.41. The van der Waals surface area contributed by atoms with E-state index in [1.165, 1.54) is 18.3 Å². The number of nitrogens with one attached hydrogen (secondary N) is 2. The molecule has 0 unspecified atom stereocenters. The van der Waals surface area contributed by atoms with Crippen LogP contribution in [-0.4, -0.2) is 44.4 Å². The number of hydrogen-bond donors (Lipinski definition) is 3. The molecule has 2 aromatic rings. The van der Waals surface area contributed by atoms with Gasteiger partial charge in [-0.15, -0.1) is 5.10 Å². The molecule has 1 amide bonds. The first-order valence-corrected chi connectivity index (χ1v) is 6.73. The molecule has 3 N–H and O–H groups in total. The summed E-state index contributed by atoms with van der Waals surface area (Å²) < 4.78 is 0. The summed E-state index contributed by atoms with van der Waals surface area (Å²) in [5.74, 6) is -1.81. The highest BCUT2D eigenvalue weighted by Crippen LogP contribution is 2.08. The Hall–Kier alpha value is -2.81. The predicted octanol–water partition coefficient (Wildman–Crippen LogP) is -0.688. The Balaban J connectivity index is 2.08. The van der Waals surface area contributed by atoms with Crippen molar-refractivity contribution < 1.29 is 14.7 Å². The molecule has 114 valence electrons. The molecule has 1 saturated heterocycles. The van der Waals surface area contributed by atoms with Crippen molar-refractivity contribution in [3.63, 3.8) is 0 Å². The van der Waals surface area contributed by atoms with E-state index in [1.807, 2.05) is 0 Å². The number of fused-ring (bicyclic) bond motifs is 1. The first-order valence-electron chi connectivity index (χ1n) is 6.73. The summed E-state index contributed by atoms with van der Waals surface area (Å²) in [6.07, 6.45) is 3.00. The van der Waals surface area contributed by atoms with Crippen LogP contribution in [0.15, 0.2) is 23.1 Å². The van der Waals surface area contributed by atoms with Crippen molar-refractivity contribution in [1.82, 2.24) is 20.2 Å². The van der Waals surface area contributed by atoms with Gasteiger partial charge in [-0.1, -0.05) is 0 Å². The lowest BCUT2D eigenvalue weighted by Gasteiger charge is -2.14. The summed E-state index contributed by atoms with van der Waals surface area (Å²) >= 11 is 0. The topological polar surface area (TPSA) is 126 Å². The van der Waals surface area contributed by atoms with Crippen molar-refractivity contribution in [2.75, 3.05) is 12.0 Å². The van der Waals surface area contributed by atoms with Crippen LogP contribution in [0, 0.1) is 0 Å². The standard InChI is InChI=1S/C13H13N5O4/c19-10-7-3-1-6-15-11(7)18(16-9(10)13(21)22)17-12(20)8-4-2-5-14-8/h1,3,6,8,14H,2,4-5H2,(H,17,20)(H,21,22)/t8-/m1/s1. The van der Waals surface area contributed by atoms with Gasteiger partial charge in [0.2, 0.25) is 11.1 Å². The fraction of sp³-hybridized carbons (Fsp3) is 0.308. The van der Waals surface area contributed by atoms with E-state index in [4.69, 9.17) is 5.11 Å². The largest absolute Gasteiger partial charge is 0.476 e. The number of carboxylic acid groups (broad SMARTS) is 1. The number of carbonyl (C=O) groups is 2. The van der Waals surface area contributed by atoms with Gasteiger partial charge in [0.1, 0.15) is 0 Å². The second kappa shape index (κ2) is 5.53. The minimum Gasteiger partial charge on any atom is -0.476 e. The molecule has 9 nitrogen and oxygen atoms in total. The summed E-state index contributed by atoms with van der Waals surface area (Å²) in [5, 5.41) is 15.9. The minimum atomic E-state index is -1.46. The average molecular weight is 303 g/mol. The van der Waals surface area contributed by atoms with Gasteiger partial charge in [-0.2, -0.15) is 4.79 Å². The monoisotopic (exact) mass is 303 g/mol. The van der Waals surface area contributed by atoms with E-state index in [0.717, 1.165) is 17.8 Å². The quantitative estimate of drug-likeness (QED) is 0.685. The summed E-state index contributed by atoms with van der Waals surface area (Å²) in [6.45, 7) is 0.745. The van der Waals surface area contributed by atoms with Crippen LogP contribution in [0.5, 0.6) is 0 Å². The molecule has 1 aliphatic rings. The van der Waals surface area contributed by atoms with Crippen molar-refractivity contribution in [2.45, 2.75) is 18.9 Å². The number of rotatable bonds is 3. The summed E-state index contributed by atoms with van der Waals surface area (Å²) in [4.78, 5) is 40.3. The zero-order valence-electron chi connectivity index (χ0n) is 11.4. The smallest absolute Gasteiger partial charge is 0.360 e. The van der Waals surface area contributed by atoms with E-state index in [9.17, 15) is 14.4 Å². The molecular weight excluding hydrogens is 290 g/mol. The normalized spacial score (nSPS) is 17.5. The van der Waals surface area contributed by atoms with E-state index in [-0.39, 0.29) is 23.0 Å². The molecule has 22 heavy (non-hydrogen) atoms. The molecule has 0 saturated carbocycles. The first kappa shape index (κ1) is 14.1. The number of hydrogen-bond acceptors (Lipinski definition) is 6. The van der Waals surface area contributed by atoms with Crippen molar-refractivity contribution in [3.8, 4) is 0 Å². The van der Waals surface area contributed by atoms with Gasteiger partial charge in [-0.05, 0) is 31.5 Å². The molecule has 2 aromatic heterocycles. The third-order valence-electron chi connectivity index (χ3n) is 3.44. The van der Waals surface area contributed by atoms with Gasteiger partial charge in [0, 0.05) is 6.20 Å². The Morgan fingerprint density at radius 1 is 1.45 bits per heavy atom. The van der Waals surface area contributed by atoms with E-state index in [0.29, 0.717) is 6.42 Å². The van der Waals surface area contributed by atoms with Crippen LogP contribution in [-0.2, 0) is 4.79 Å². The molecular formula is C13H13N5O4. The number of amides is 1. The molecule has 0 bridgehead atoms. The minimum absolute atomic E-state index is 0.0783. The Bertz CT molecular complexity index is 810. The van der Waals surface area contributed by atoms with Crippen LogP contribution in [0.4, 0.5) is 0 Å². The number of aromatic nitrogens is 3. The van der Waals surface area contributed by atoms with Gasteiger partial charge in [0.15, 0.2) is 5.65 Å². The molecule has 1 aliphatic heterocycles. The van der Waals surface area contributed by atoms with Gasteiger partial charge >= 0.3 is 5.97 Å². The summed E-state index contributed by atoms with van der Waals surface area (Å²) in [6, 6.07) is 2.59. The fourth-order valence-electron chi connectivity index (χ4n) is 2.37. The lowest BCUT2D eigenvalue weighted by atomic mass is 10.2. The number of carboxylic acids is 1.